The molecule has 3 rings (SSSR count). The molecular weight excluding hydrogens is 306 g/mol. The lowest BCUT2D eigenvalue weighted by atomic mass is 10.3. The number of carbonyl (C=O) groups excluding carboxylic acids is 3. The summed E-state index contributed by atoms with van der Waals surface area (Å²) in [6, 6.07) is 3.66. The Hall–Kier alpha value is -2.09. The van der Waals surface area contributed by atoms with E-state index in [-0.39, 0.29) is 18.4 Å². The Morgan fingerprint density at radius 1 is 1.14 bits per heavy atom. The third-order valence-corrected chi connectivity index (χ3v) is 4.68. The Kier molecular flexibility index (Phi) is 4.28. The Bertz CT molecular complexity index is 567. The average molecular weight is 323 g/mol. The summed E-state index contributed by atoms with van der Waals surface area (Å²) in [4.78, 5) is 41.3. The molecule has 3 heterocycles. The van der Waals surface area contributed by atoms with Gasteiger partial charge in [0.1, 0.15) is 13.2 Å². The van der Waals surface area contributed by atoms with E-state index in [2.05, 4.69) is 0 Å². The summed E-state index contributed by atoms with van der Waals surface area (Å²) in [5.74, 6) is -0.0766. The zero-order valence-corrected chi connectivity index (χ0v) is 12.9. The first-order chi connectivity index (χ1) is 10.6. The topological polar surface area (TPSA) is 70.2 Å². The van der Waals surface area contributed by atoms with Gasteiger partial charge in [-0.3, -0.25) is 14.5 Å². The summed E-state index contributed by atoms with van der Waals surface area (Å²) in [6.07, 6.45) is -0.431. The number of ether oxygens (including phenoxy) is 1. The van der Waals surface area contributed by atoms with Crippen LogP contribution < -0.4 is 0 Å². The van der Waals surface area contributed by atoms with Crippen LogP contribution in [0.25, 0.3) is 0 Å². The normalized spacial score (nSPS) is 18.5. The highest BCUT2D eigenvalue weighted by molar-refractivity contribution is 7.12. The summed E-state index contributed by atoms with van der Waals surface area (Å²) in [6.45, 7) is 2.89. The van der Waals surface area contributed by atoms with Crippen LogP contribution in [0.1, 0.15) is 9.67 Å². The molecule has 0 aromatic carbocycles. The highest BCUT2D eigenvalue weighted by Gasteiger charge is 2.29. The smallest absolute Gasteiger partial charge is 0.410 e. The third-order valence-electron chi connectivity index (χ3n) is 3.82. The van der Waals surface area contributed by atoms with Crippen LogP contribution in [0.3, 0.4) is 0 Å². The van der Waals surface area contributed by atoms with Crippen LogP contribution in [-0.2, 0) is 9.53 Å². The van der Waals surface area contributed by atoms with Crippen molar-refractivity contribution in [2.75, 3.05) is 45.9 Å². The van der Waals surface area contributed by atoms with E-state index in [1.54, 1.807) is 9.80 Å². The predicted molar refractivity (Wildman–Crippen MR) is 79.7 cm³/mol. The Morgan fingerprint density at radius 3 is 2.45 bits per heavy atom. The highest BCUT2D eigenvalue weighted by atomic mass is 32.1. The Balaban J connectivity index is 1.50. The van der Waals surface area contributed by atoms with Crippen LogP contribution >= 0.6 is 11.3 Å². The molecule has 2 aliphatic heterocycles. The molecule has 0 saturated carbocycles. The molecule has 118 valence electrons. The highest BCUT2D eigenvalue weighted by Crippen LogP contribution is 2.14. The number of nitrogens with zero attached hydrogens (tertiary/aromatic N) is 3. The summed E-state index contributed by atoms with van der Waals surface area (Å²) in [7, 11) is 0. The second-order valence-electron chi connectivity index (χ2n) is 5.19. The van der Waals surface area contributed by atoms with Crippen molar-refractivity contribution < 1.29 is 19.1 Å². The minimum Gasteiger partial charge on any atom is -0.448 e. The molecule has 7 nitrogen and oxygen atoms in total. The van der Waals surface area contributed by atoms with Gasteiger partial charge in [-0.25, -0.2) is 4.79 Å². The fourth-order valence-corrected chi connectivity index (χ4v) is 3.24. The minimum absolute atomic E-state index is 0.0187. The largest absolute Gasteiger partial charge is 0.448 e. The van der Waals surface area contributed by atoms with Gasteiger partial charge in [-0.15, -0.1) is 11.3 Å². The zero-order valence-electron chi connectivity index (χ0n) is 12.1. The molecule has 22 heavy (non-hydrogen) atoms. The second kappa shape index (κ2) is 6.35. The van der Waals surface area contributed by atoms with Crippen molar-refractivity contribution in [2.24, 2.45) is 0 Å². The molecule has 0 radical (unpaired) electrons. The third kappa shape index (κ3) is 3.06. The van der Waals surface area contributed by atoms with E-state index in [0.29, 0.717) is 39.3 Å². The van der Waals surface area contributed by atoms with Gasteiger partial charge < -0.3 is 14.5 Å². The molecule has 2 saturated heterocycles. The van der Waals surface area contributed by atoms with Gasteiger partial charge in [0, 0.05) is 26.2 Å². The fraction of sp³-hybridized carbons (Fsp3) is 0.500. The molecule has 0 bridgehead atoms. The molecule has 8 heteroatoms. The molecule has 0 spiro atoms. The minimum atomic E-state index is -0.431. The average Bonchev–Trinajstić information content (AvgIpc) is 3.19. The van der Waals surface area contributed by atoms with Crippen LogP contribution in [0.5, 0.6) is 0 Å². The summed E-state index contributed by atoms with van der Waals surface area (Å²) in [5.41, 5.74) is 0. The molecule has 1 aromatic heterocycles. The van der Waals surface area contributed by atoms with Gasteiger partial charge in [-0.1, -0.05) is 6.07 Å². The molecule has 0 N–H and O–H groups in total. The predicted octanol–water partition coefficient (Wildman–Crippen LogP) is 0.485. The number of hydrogen-bond donors (Lipinski definition) is 0. The van der Waals surface area contributed by atoms with Crippen molar-refractivity contribution in [2.45, 2.75) is 0 Å². The first kappa shape index (κ1) is 14.8. The standard InChI is InChI=1S/C14H17N3O4S/c18-12(10-17-7-8-21-14(17)20)15-3-5-16(6-4-15)13(19)11-2-1-9-22-11/h1-2,9H,3-8,10H2. The maximum absolute atomic E-state index is 12.2. The fourth-order valence-electron chi connectivity index (χ4n) is 2.55. The van der Waals surface area contributed by atoms with E-state index in [1.807, 2.05) is 17.5 Å². The van der Waals surface area contributed by atoms with Crippen molar-refractivity contribution in [1.82, 2.24) is 14.7 Å². The van der Waals surface area contributed by atoms with Crippen molar-refractivity contribution in [3.8, 4) is 0 Å². The molecule has 1 aromatic rings. The van der Waals surface area contributed by atoms with Crippen LogP contribution in [0.15, 0.2) is 17.5 Å². The van der Waals surface area contributed by atoms with Gasteiger partial charge in [-0.2, -0.15) is 0 Å². The van der Waals surface area contributed by atoms with Gasteiger partial charge >= 0.3 is 6.09 Å². The first-order valence-electron chi connectivity index (χ1n) is 7.17. The summed E-state index contributed by atoms with van der Waals surface area (Å²) < 4.78 is 4.81. The maximum Gasteiger partial charge on any atom is 0.410 e. The lowest BCUT2D eigenvalue weighted by Gasteiger charge is -2.35. The van der Waals surface area contributed by atoms with Crippen molar-refractivity contribution in [3.05, 3.63) is 22.4 Å². The monoisotopic (exact) mass is 323 g/mol. The van der Waals surface area contributed by atoms with Crippen LogP contribution in [0.2, 0.25) is 0 Å². The first-order valence-corrected chi connectivity index (χ1v) is 8.05. The van der Waals surface area contributed by atoms with Gasteiger partial charge in [0.15, 0.2) is 0 Å². The molecule has 0 unspecified atom stereocenters. The number of amides is 3. The van der Waals surface area contributed by atoms with Crippen LogP contribution in [0, 0.1) is 0 Å². The SMILES string of the molecule is O=C(CN1CCOC1=O)N1CCN(C(=O)c2cccs2)CC1. The number of rotatable bonds is 3. The summed E-state index contributed by atoms with van der Waals surface area (Å²) in [5, 5.41) is 1.88. The van der Waals surface area contributed by atoms with E-state index in [0.717, 1.165) is 4.88 Å². The number of thiophene rings is 1. The van der Waals surface area contributed by atoms with E-state index >= 15 is 0 Å². The molecule has 0 atom stereocenters. The van der Waals surface area contributed by atoms with E-state index in [9.17, 15) is 14.4 Å². The molecular formula is C14H17N3O4S. The number of hydrogen-bond acceptors (Lipinski definition) is 5. The van der Waals surface area contributed by atoms with Gasteiger partial charge in [-0.05, 0) is 11.4 Å². The molecule has 3 amide bonds. The second-order valence-corrected chi connectivity index (χ2v) is 6.13. The van der Waals surface area contributed by atoms with E-state index in [4.69, 9.17) is 4.74 Å². The quantitative estimate of drug-likeness (QED) is 0.811. The van der Waals surface area contributed by atoms with Crippen molar-refractivity contribution in [1.29, 1.82) is 0 Å². The van der Waals surface area contributed by atoms with Crippen molar-refractivity contribution in [3.63, 3.8) is 0 Å². The molecule has 2 fully saturated rings. The lowest BCUT2D eigenvalue weighted by molar-refractivity contribution is -0.133. The molecule has 0 aliphatic carbocycles. The number of cyclic esters (lactones) is 1. The number of carbonyl (C=O) groups is 3. The summed E-state index contributed by atoms with van der Waals surface area (Å²) >= 11 is 1.42. The lowest BCUT2D eigenvalue weighted by Crippen LogP contribution is -2.52. The van der Waals surface area contributed by atoms with Crippen LogP contribution in [-0.4, -0.2) is 78.5 Å². The number of piperazine rings is 1. The maximum atomic E-state index is 12.2. The Labute approximate surface area is 132 Å². The Morgan fingerprint density at radius 2 is 1.86 bits per heavy atom. The van der Waals surface area contributed by atoms with Crippen molar-refractivity contribution >= 4 is 29.2 Å². The zero-order chi connectivity index (χ0) is 15.5. The van der Waals surface area contributed by atoms with Gasteiger partial charge in [0.05, 0.1) is 11.4 Å². The van der Waals surface area contributed by atoms with E-state index < -0.39 is 6.09 Å². The van der Waals surface area contributed by atoms with Crippen LogP contribution in [0.4, 0.5) is 4.79 Å². The van der Waals surface area contributed by atoms with E-state index in [1.165, 1.54) is 16.2 Å². The van der Waals surface area contributed by atoms with Gasteiger partial charge in [0.2, 0.25) is 5.91 Å². The van der Waals surface area contributed by atoms with Gasteiger partial charge in [0.25, 0.3) is 5.91 Å². The molecule has 2 aliphatic rings.